The number of anilines is 2. The fraction of sp³-hybridized carbons (Fsp3) is 0.333. The maximum absolute atomic E-state index is 3.54. The molecule has 0 radical (unpaired) electrons. The number of halogens is 1. The number of hydrogen-bond acceptors (Lipinski definition) is 1. The molecule has 0 aliphatic carbocycles. The Balaban J connectivity index is 2.09. The molecule has 1 unspecified atom stereocenters. The van der Waals surface area contributed by atoms with Crippen LogP contribution < -0.4 is 4.90 Å². The highest BCUT2D eigenvalue weighted by Gasteiger charge is 2.24. The quantitative estimate of drug-likeness (QED) is 0.670. The van der Waals surface area contributed by atoms with Gasteiger partial charge in [0, 0.05) is 22.7 Å². The summed E-state index contributed by atoms with van der Waals surface area (Å²) in [6.07, 6.45) is 2.41. The fourth-order valence-corrected chi connectivity index (χ4v) is 3.48. The minimum Gasteiger partial charge on any atom is -0.338 e. The van der Waals surface area contributed by atoms with Gasteiger partial charge < -0.3 is 4.90 Å². The van der Waals surface area contributed by atoms with Gasteiger partial charge in [0.2, 0.25) is 0 Å². The summed E-state index contributed by atoms with van der Waals surface area (Å²) >= 11 is 3.54. The molecule has 3 rings (SSSR count). The second-order valence-corrected chi connectivity index (χ2v) is 6.20. The first-order chi connectivity index (χ1) is 9.70. The van der Waals surface area contributed by atoms with E-state index in [1.54, 1.807) is 0 Å². The summed E-state index contributed by atoms with van der Waals surface area (Å²) in [6.45, 7) is 4.54. The Kier molecular flexibility index (Phi) is 3.84. The Morgan fingerprint density at radius 3 is 2.70 bits per heavy atom. The number of para-hydroxylation sites is 1. The number of rotatable bonds is 2. The smallest absolute Gasteiger partial charge is 0.0445 e. The second kappa shape index (κ2) is 5.61. The Morgan fingerprint density at radius 1 is 1.15 bits per heavy atom. The maximum Gasteiger partial charge on any atom is 0.0445 e. The van der Waals surface area contributed by atoms with Crippen LogP contribution in [0.4, 0.5) is 11.4 Å². The third kappa shape index (κ3) is 2.37. The van der Waals surface area contributed by atoms with Crippen LogP contribution in [-0.4, -0.2) is 6.04 Å². The molecular formula is C18H20BrN. The zero-order chi connectivity index (χ0) is 14.1. The largest absolute Gasteiger partial charge is 0.338 e. The van der Waals surface area contributed by atoms with Crippen LogP contribution >= 0.6 is 15.9 Å². The highest BCUT2D eigenvalue weighted by atomic mass is 79.9. The van der Waals surface area contributed by atoms with Crippen molar-refractivity contribution in [3.8, 4) is 0 Å². The van der Waals surface area contributed by atoms with Crippen LogP contribution in [0.3, 0.4) is 0 Å². The molecule has 1 aliphatic rings. The minimum absolute atomic E-state index is 0.554. The van der Waals surface area contributed by atoms with Crippen LogP contribution in [0.1, 0.15) is 30.0 Å². The zero-order valence-electron chi connectivity index (χ0n) is 12.1. The van der Waals surface area contributed by atoms with Crippen molar-refractivity contribution in [2.24, 2.45) is 0 Å². The third-order valence-corrected chi connectivity index (χ3v) is 4.85. The lowest BCUT2D eigenvalue weighted by molar-refractivity contribution is 0.617. The number of hydrogen-bond donors (Lipinski definition) is 0. The Morgan fingerprint density at radius 2 is 1.95 bits per heavy atom. The third-order valence-electron chi connectivity index (χ3n) is 4.20. The van der Waals surface area contributed by atoms with Gasteiger partial charge in [-0.2, -0.15) is 0 Å². The van der Waals surface area contributed by atoms with E-state index in [2.05, 4.69) is 77.1 Å². The monoisotopic (exact) mass is 329 g/mol. The number of nitrogens with zero attached hydrogens (tertiary/aromatic N) is 1. The fourth-order valence-electron chi connectivity index (χ4n) is 3.13. The van der Waals surface area contributed by atoms with Gasteiger partial charge in [0.25, 0.3) is 0 Å². The lowest BCUT2D eigenvalue weighted by atomic mass is 9.95. The van der Waals surface area contributed by atoms with E-state index < -0.39 is 0 Å². The summed E-state index contributed by atoms with van der Waals surface area (Å²) in [5.41, 5.74) is 6.87. The van der Waals surface area contributed by atoms with Gasteiger partial charge in [-0.3, -0.25) is 0 Å². The molecule has 20 heavy (non-hydrogen) atoms. The topological polar surface area (TPSA) is 3.24 Å². The van der Waals surface area contributed by atoms with E-state index in [9.17, 15) is 0 Å². The molecule has 2 aromatic rings. The first-order valence-electron chi connectivity index (χ1n) is 7.23. The van der Waals surface area contributed by atoms with Crippen LogP contribution in [0.25, 0.3) is 0 Å². The highest BCUT2D eigenvalue weighted by Crippen LogP contribution is 2.38. The van der Waals surface area contributed by atoms with Crippen LogP contribution in [0.5, 0.6) is 0 Å². The Hall–Kier alpha value is -1.28. The predicted octanol–water partition coefficient (Wildman–Crippen LogP) is 5.36. The Labute approximate surface area is 129 Å². The first-order valence-corrected chi connectivity index (χ1v) is 8.35. The molecule has 0 saturated carbocycles. The normalized spacial score (nSPS) is 17.9. The first kappa shape index (κ1) is 13.7. The molecule has 0 N–H and O–H groups in total. The van der Waals surface area contributed by atoms with E-state index in [-0.39, 0.29) is 0 Å². The SMILES string of the molecule is Cc1cc(CBr)ccc1N1c2ccccc2CCC1C. The lowest BCUT2D eigenvalue weighted by Crippen LogP contribution is -2.33. The lowest BCUT2D eigenvalue weighted by Gasteiger charge is -2.38. The van der Waals surface area contributed by atoms with E-state index in [1.807, 2.05) is 0 Å². The molecule has 0 saturated heterocycles. The molecule has 2 aromatic carbocycles. The van der Waals surface area contributed by atoms with E-state index in [4.69, 9.17) is 0 Å². The van der Waals surface area contributed by atoms with Gasteiger partial charge in [-0.25, -0.2) is 0 Å². The van der Waals surface area contributed by atoms with Crippen molar-refractivity contribution in [2.45, 2.75) is 38.1 Å². The van der Waals surface area contributed by atoms with E-state index >= 15 is 0 Å². The van der Waals surface area contributed by atoms with Gasteiger partial charge in [-0.1, -0.05) is 46.3 Å². The Bertz CT molecular complexity index is 621. The number of alkyl halides is 1. The van der Waals surface area contributed by atoms with Gasteiger partial charge in [0.1, 0.15) is 0 Å². The van der Waals surface area contributed by atoms with Crippen LogP contribution in [0.15, 0.2) is 42.5 Å². The van der Waals surface area contributed by atoms with Gasteiger partial charge >= 0.3 is 0 Å². The number of aryl methyl sites for hydroxylation is 2. The summed E-state index contributed by atoms with van der Waals surface area (Å²) in [5, 5.41) is 0.917. The van der Waals surface area contributed by atoms with Crippen molar-refractivity contribution in [1.29, 1.82) is 0 Å². The molecule has 1 heterocycles. The predicted molar refractivity (Wildman–Crippen MR) is 90.2 cm³/mol. The standard InChI is InChI=1S/C18H20BrN/c1-13-11-15(12-19)8-10-17(13)20-14(2)7-9-16-5-3-4-6-18(16)20/h3-6,8,10-11,14H,7,9,12H2,1-2H3. The van der Waals surface area contributed by atoms with Crippen molar-refractivity contribution >= 4 is 27.3 Å². The van der Waals surface area contributed by atoms with Crippen molar-refractivity contribution in [2.75, 3.05) is 4.90 Å². The van der Waals surface area contributed by atoms with Crippen molar-refractivity contribution in [1.82, 2.24) is 0 Å². The van der Waals surface area contributed by atoms with Crippen LogP contribution in [-0.2, 0) is 11.8 Å². The molecule has 0 aromatic heterocycles. The summed E-state index contributed by atoms with van der Waals surface area (Å²) in [7, 11) is 0. The van der Waals surface area contributed by atoms with E-state index in [0.29, 0.717) is 6.04 Å². The molecule has 104 valence electrons. The maximum atomic E-state index is 3.54. The van der Waals surface area contributed by atoms with Crippen molar-refractivity contribution in [3.63, 3.8) is 0 Å². The summed E-state index contributed by atoms with van der Waals surface area (Å²) in [4.78, 5) is 2.51. The molecule has 0 amide bonds. The minimum atomic E-state index is 0.554. The van der Waals surface area contributed by atoms with Gasteiger partial charge in [0.05, 0.1) is 0 Å². The van der Waals surface area contributed by atoms with E-state index in [0.717, 1.165) is 5.33 Å². The van der Waals surface area contributed by atoms with Crippen LogP contribution in [0, 0.1) is 6.92 Å². The van der Waals surface area contributed by atoms with E-state index in [1.165, 1.54) is 40.9 Å². The highest BCUT2D eigenvalue weighted by molar-refractivity contribution is 9.08. The average molecular weight is 330 g/mol. The van der Waals surface area contributed by atoms with Crippen molar-refractivity contribution < 1.29 is 0 Å². The molecule has 0 bridgehead atoms. The van der Waals surface area contributed by atoms with Gasteiger partial charge in [0.15, 0.2) is 0 Å². The van der Waals surface area contributed by atoms with Gasteiger partial charge in [-0.05, 0) is 55.5 Å². The number of benzene rings is 2. The average Bonchev–Trinajstić information content (AvgIpc) is 2.48. The zero-order valence-corrected chi connectivity index (χ0v) is 13.7. The molecule has 2 heteroatoms. The van der Waals surface area contributed by atoms with Gasteiger partial charge in [-0.15, -0.1) is 0 Å². The molecule has 1 atom stereocenters. The summed E-state index contributed by atoms with van der Waals surface area (Å²) < 4.78 is 0. The summed E-state index contributed by atoms with van der Waals surface area (Å²) in [6, 6.07) is 16.1. The van der Waals surface area contributed by atoms with Crippen molar-refractivity contribution in [3.05, 3.63) is 59.2 Å². The molecule has 0 spiro atoms. The number of fused-ring (bicyclic) bond motifs is 1. The van der Waals surface area contributed by atoms with Crippen LogP contribution in [0.2, 0.25) is 0 Å². The molecule has 0 fully saturated rings. The molecular weight excluding hydrogens is 310 g/mol. The second-order valence-electron chi connectivity index (χ2n) is 5.64. The summed E-state index contributed by atoms with van der Waals surface area (Å²) in [5.74, 6) is 0. The molecule has 1 aliphatic heterocycles. The molecule has 1 nitrogen and oxygen atoms in total.